The first kappa shape index (κ1) is 23.5. The van der Waals surface area contributed by atoms with E-state index in [1.807, 2.05) is 66.9 Å². The standard InChI is InChI=1S/C24H26N6O3S/c1-16-9-10-17(2)19(13-16)29-15-25-27-23(29)34-14-20(31)28-30-21(32)24(3,26-22(30)33)12-11-18-7-5-4-6-8-18/h4-10,13,15H,11-12,14H2,1-3H3,(H,26,33)(H,28,31)/t24-/m1/s1. The van der Waals surface area contributed by atoms with E-state index in [1.165, 1.54) is 11.8 Å². The smallest absolute Gasteiger partial charge is 0.322 e. The molecule has 34 heavy (non-hydrogen) atoms. The number of rotatable bonds is 8. The average Bonchev–Trinajstić information content (AvgIpc) is 3.37. The molecule has 4 rings (SSSR count). The van der Waals surface area contributed by atoms with Gasteiger partial charge in [-0.25, -0.2) is 4.79 Å². The quantitative estimate of drug-likeness (QED) is 0.381. The Morgan fingerprint density at radius 1 is 1.15 bits per heavy atom. The number of amides is 4. The van der Waals surface area contributed by atoms with E-state index in [0.717, 1.165) is 27.4 Å². The third kappa shape index (κ3) is 4.96. The first-order valence-corrected chi connectivity index (χ1v) is 11.9. The van der Waals surface area contributed by atoms with E-state index in [0.29, 0.717) is 18.0 Å². The third-order valence-electron chi connectivity index (χ3n) is 5.73. The van der Waals surface area contributed by atoms with Crippen molar-refractivity contribution >= 4 is 29.6 Å². The Labute approximate surface area is 201 Å². The largest absolute Gasteiger partial charge is 0.344 e. The summed E-state index contributed by atoms with van der Waals surface area (Å²) in [4.78, 5) is 37.9. The summed E-state index contributed by atoms with van der Waals surface area (Å²) in [6, 6.07) is 15.1. The molecule has 3 aromatic rings. The average molecular weight is 479 g/mol. The van der Waals surface area contributed by atoms with Crippen molar-refractivity contribution in [1.82, 2.24) is 30.5 Å². The van der Waals surface area contributed by atoms with Crippen LogP contribution in [0.2, 0.25) is 0 Å². The predicted octanol–water partition coefficient (Wildman–Crippen LogP) is 2.95. The summed E-state index contributed by atoms with van der Waals surface area (Å²) in [6.45, 7) is 5.66. The number of nitrogens with zero attached hydrogens (tertiary/aromatic N) is 4. The molecule has 2 heterocycles. The molecule has 0 unspecified atom stereocenters. The SMILES string of the molecule is Cc1ccc(C)c(-n2cnnc2SCC(=O)NN2C(=O)N[C@](C)(CCc3ccccc3)C2=O)c1. The molecule has 1 saturated heterocycles. The number of carbonyl (C=O) groups is 3. The number of imide groups is 1. The summed E-state index contributed by atoms with van der Waals surface area (Å²) < 4.78 is 1.81. The van der Waals surface area contributed by atoms with Crippen molar-refractivity contribution in [2.45, 2.75) is 44.3 Å². The molecule has 9 nitrogen and oxygen atoms in total. The molecular weight excluding hydrogens is 452 g/mol. The van der Waals surface area contributed by atoms with E-state index in [1.54, 1.807) is 13.3 Å². The summed E-state index contributed by atoms with van der Waals surface area (Å²) in [6.07, 6.45) is 2.63. The monoisotopic (exact) mass is 478 g/mol. The number of aryl methyl sites for hydroxylation is 3. The van der Waals surface area contributed by atoms with Crippen LogP contribution in [0.25, 0.3) is 5.69 Å². The molecule has 1 atom stereocenters. The third-order valence-corrected chi connectivity index (χ3v) is 6.67. The number of hydrogen-bond donors (Lipinski definition) is 2. The van der Waals surface area contributed by atoms with Crippen molar-refractivity contribution < 1.29 is 14.4 Å². The Morgan fingerprint density at radius 3 is 2.68 bits per heavy atom. The van der Waals surface area contributed by atoms with Gasteiger partial charge in [0.15, 0.2) is 5.16 Å². The van der Waals surface area contributed by atoms with Crippen LogP contribution in [0.4, 0.5) is 4.79 Å². The van der Waals surface area contributed by atoms with Gasteiger partial charge in [-0.2, -0.15) is 5.01 Å². The summed E-state index contributed by atoms with van der Waals surface area (Å²) in [5.74, 6) is -1.01. The van der Waals surface area contributed by atoms with Gasteiger partial charge in [-0.05, 0) is 56.4 Å². The second kappa shape index (κ2) is 9.68. The number of nitrogens with one attached hydrogen (secondary N) is 2. The lowest BCUT2D eigenvalue weighted by atomic mass is 9.93. The predicted molar refractivity (Wildman–Crippen MR) is 128 cm³/mol. The van der Waals surface area contributed by atoms with Crippen molar-refractivity contribution in [3.05, 3.63) is 71.5 Å². The highest BCUT2D eigenvalue weighted by Gasteiger charge is 2.48. The molecule has 0 saturated carbocycles. The Bertz CT molecular complexity index is 1230. The van der Waals surface area contributed by atoms with Gasteiger partial charge in [-0.15, -0.1) is 10.2 Å². The van der Waals surface area contributed by atoms with Crippen LogP contribution in [0.15, 0.2) is 60.0 Å². The van der Waals surface area contributed by atoms with Crippen molar-refractivity contribution in [2.75, 3.05) is 5.75 Å². The maximum absolute atomic E-state index is 12.9. The highest BCUT2D eigenvalue weighted by molar-refractivity contribution is 7.99. The maximum Gasteiger partial charge on any atom is 0.344 e. The molecule has 10 heteroatoms. The fraction of sp³-hybridized carbons (Fsp3) is 0.292. The van der Waals surface area contributed by atoms with Gasteiger partial charge in [0.1, 0.15) is 11.9 Å². The first-order chi connectivity index (χ1) is 16.3. The van der Waals surface area contributed by atoms with Gasteiger partial charge in [0.25, 0.3) is 5.91 Å². The number of thioether (sulfide) groups is 1. The second-order valence-corrected chi connectivity index (χ2v) is 9.43. The second-order valence-electron chi connectivity index (χ2n) is 8.49. The topological polar surface area (TPSA) is 109 Å². The first-order valence-electron chi connectivity index (χ1n) is 10.9. The van der Waals surface area contributed by atoms with E-state index in [-0.39, 0.29) is 5.75 Å². The van der Waals surface area contributed by atoms with Crippen LogP contribution in [0.5, 0.6) is 0 Å². The maximum atomic E-state index is 12.9. The zero-order valence-corrected chi connectivity index (χ0v) is 20.1. The van der Waals surface area contributed by atoms with Crippen LogP contribution in [0, 0.1) is 13.8 Å². The lowest BCUT2D eigenvalue weighted by Gasteiger charge is -2.21. The fourth-order valence-electron chi connectivity index (χ4n) is 3.75. The van der Waals surface area contributed by atoms with Gasteiger partial charge in [-0.1, -0.05) is 54.2 Å². The van der Waals surface area contributed by atoms with Gasteiger partial charge in [-0.3, -0.25) is 19.6 Å². The minimum absolute atomic E-state index is 0.0403. The number of carbonyl (C=O) groups excluding carboxylic acids is 3. The molecule has 1 fully saturated rings. The van der Waals surface area contributed by atoms with Crippen LogP contribution in [-0.4, -0.2) is 48.9 Å². The van der Waals surface area contributed by atoms with Crippen molar-refractivity contribution in [3.8, 4) is 5.69 Å². The van der Waals surface area contributed by atoms with E-state index >= 15 is 0 Å². The van der Waals surface area contributed by atoms with Crippen LogP contribution >= 0.6 is 11.8 Å². The van der Waals surface area contributed by atoms with E-state index in [4.69, 9.17) is 0 Å². The van der Waals surface area contributed by atoms with Gasteiger partial charge in [0.2, 0.25) is 5.91 Å². The summed E-state index contributed by atoms with van der Waals surface area (Å²) in [5.41, 5.74) is 5.48. The number of hydrogen-bond acceptors (Lipinski definition) is 6. The Balaban J connectivity index is 1.37. The molecule has 176 valence electrons. The van der Waals surface area contributed by atoms with Gasteiger partial charge in [0, 0.05) is 0 Å². The molecule has 1 aliphatic rings. The lowest BCUT2D eigenvalue weighted by molar-refractivity contribution is -0.138. The van der Waals surface area contributed by atoms with Crippen LogP contribution in [0.1, 0.15) is 30.0 Å². The van der Waals surface area contributed by atoms with Crippen molar-refractivity contribution in [1.29, 1.82) is 0 Å². The molecule has 0 radical (unpaired) electrons. The van der Waals surface area contributed by atoms with Crippen LogP contribution in [-0.2, 0) is 16.0 Å². The van der Waals surface area contributed by atoms with E-state index in [9.17, 15) is 14.4 Å². The summed E-state index contributed by atoms with van der Waals surface area (Å²) in [5, 5.41) is 12.1. The van der Waals surface area contributed by atoms with Gasteiger partial charge in [0.05, 0.1) is 11.4 Å². The lowest BCUT2D eigenvalue weighted by Crippen LogP contribution is -2.49. The normalized spacial score (nSPS) is 17.7. The minimum atomic E-state index is -1.09. The molecule has 0 aliphatic carbocycles. The van der Waals surface area contributed by atoms with Crippen LogP contribution in [0.3, 0.4) is 0 Å². The van der Waals surface area contributed by atoms with E-state index in [2.05, 4.69) is 20.9 Å². The Morgan fingerprint density at radius 2 is 1.91 bits per heavy atom. The summed E-state index contributed by atoms with van der Waals surface area (Å²) >= 11 is 1.17. The van der Waals surface area contributed by atoms with Gasteiger partial charge >= 0.3 is 6.03 Å². The van der Waals surface area contributed by atoms with E-state index < -0.39 is 23.4 Å². The molecule has 0 spiro atoms. The molecular formula is C24H26N6O3S. The number of hydrazine groups is 1. The molecule has 1 aromatic heterocycles. The molecule has 4 amide bonds. The highest BCUT2D eigenvalue weighted by Crippen LogP contribution is 2.24. The molecule has 0 bridgehead atoms. The zero-order chi connectivity index (χ0) is 24.3. The minimum Gasteiger partial charge on any atom is -0.322 e. The number of benzene rings is 2. The fourth-order valence-corrected chi connectivity index (χ4v) is 4.46. The molecule has 2 N–H and O–H groups in total. The number of aromatic nitrogens is 3. The highest BCUT2D eigenvalue weighted by atomic mass is 32.2. The van der Waals surface area contributed by atoms with Crippen molar-refractivity contribution in [3.63, 3.8) is 0 Å². The molecule has 2 aromatic carbocycles. The zero-order valence-electron chi connectivity index (χ0n) is 19.2. The molecule has 1 aliphatic heterocycles. The van der Waals surface area contributed by atoms with Crippen LogP contribution < -0.4 is 10.7 Å². The Hall–Kier alpha value is -3.66. The summed E-state index contributed by atoms with van der Waals surface area (Å²) in [7, 11) is 0. The number of urea groups is 1. The Kier molecular flexibility index (Phi) is 6.69. The van der Waals surface area contributed by atoms with Gasteiger partial charge < -0.3 is 5.32 Å². The van der Waals surface area contributed by atoms with Crippen molar-refractivity contribution in [2.24, 2.45) is 0 Å².